The van der Waals surface area contributed by atoms with Gasteiger partial charge in [0.1, 0.15) is 5.54 Å². The van der Waals surface area contributed by atoms with Gasteiger partial charge in [0, 0.05) is 0 Å². The fraction of sp³-hybridized carbons (Fsp3) is 0.667. The maximum absolute atomic E-state index is 11.3. The first-order valence-electron chi connectivity index (χ1n) is 5.42. The van der Waals surface area contributed by atoms with Crippen molar-refractivity contribution < 1.29 is 19.8 Å². The number of hydrogen-bond donors (Lipinski definition) is 3. The minimum absolute atomic E-state index is 0.118. The molecule has 2 atom stereocenters. The van der Waals surface area contributed by atoms with Gasteiger partial charge in [-0.2, -0.15) is 0 Å². The van der Waals surface area contributed by atoms with E-state index >= 15 is 0 Å². The first-order chi connectivity index (χ1) is 7.56. The van der Waals surface area contributed by atoms with Gasteiger partial charge in [-0.15, -0.1) is 6.58 Å². The Kier molecular flexibility index (Phi) is 4.89. The highest BCUT2D eigenvalue weighted by atomic mass is 16.4. The van der Waals surface area contributed by atoms with E-state index in [1.165, 1.54) is 6.08 Å². The highest BCUT2D eigenvalue weighted by Crippen LogP contribution is 2.34. The lowest BCUT2D eigenvalue weighted by atomic mass is 9.69. The normalized spacial score (nSPS) is 16.9. The van der Waals surface area contributed by atoms with Crippen LogP contribution in [0.25, 0.3) is 0 Å². The predicted octanol–water partition coefficient (Wildman–Crippen LogP) is 1.48. The maximum atomic E-state index is 11.3. The quantitative estimate of drug-likeness (QED) is 0.613. The average molecular weight is 243 g/mol. The lowest BCUT2D eigenvalue weighted by Crippen LogP contribution is -2.59. The topological polar surface area (TPSA) is 101 Å². The lowest BCUT2D eigenvalue weighted by Gasteiger charge is -2.39. The van der Waals surface area contributed by atoms with Gasteiger partial charge in [-0.05, 0) is 18.3 Å². The van der Waals surface area contributed by atoms with Crippen LogP contribution in [0.15, 0.2) is 12.7 Å². The highest BCUT2D eigenvalue weighted by molar-refractivity contribution is 5.81. The Morgan fingerprint density at radius 1 is 1.35 bits per heavy atom. The van der Waals surface area contributed by atoms with Crippen molar-refractivity contribution in [3.8, 4) is 0 Å². The standard InChI is InChI=1S/C12H21NO4/c1-5-6-8(9(14)15)7-12(13,10(16)17)11(2,3)4/h5,8H,1,6-7,13H2,2-4H3,(H,14,15)(H,16,17)/t8?,12-/m0/s1. The van der Waals surface area contributed by atoms with Gasteiger partial charge in [0.05, 0.1) is 5.92 Å². The zero-order chi connectivity index (χ0) is 13.9. The number of carboxylic acids is 2. The van der Waals surface area contributed by atoms with Crippen molar-refractivity contribution in [3.63, 3.8) is 0 Å². The molecule has 0 rings (SSSR count). The zero-order valence-corrected chi connectivity index (χ0v) is 10.6. The Morgan fingerprint density at radius 2 is 1.82 bits per heavy atom. The molecule has 0 spiro atoms. The maximum Gasteiger partial charge on any atom is 0.324 e. The first kappa shape index (κ1) is 15.6. The van der Waals surface area contributed by atoms with Gasteiger partial charge >= 0.3 is 11.9 Å². The Bertz CT molecular complexity index is 319. The second kappa shape index (κ2) is 5.31. The molecule has 0 aliphatic heterocycles. The third kappa shape index (κ3) is 3.56. The van der Waals surface area contributed by atoms with E-state index in [-0.39, 0.29) is 12.8 Å². The van der Waals surface area contributed by atoms with Crippen LogP contribution in [0, 0.1) is 11.3 Å². The second-order valence-corrected chi connectivity index (χ2v) is 5.29. The van der Waals surface area contributed by atoms with Crippen molar-refractivity contribution in [2.45, 2.75) is 39.2 Å². The SMILES string of the molecule is C=CCC(C[C@](N)(C(=O)O)C(C)(C)C)C(=O)O. The minimum atomic E-state index is -1.57. The zero-order valence-electron chi connectivity index (χ0n) is 10.6. The van der Waals surface area contributed by atoms with E-state index < -0.39 is 28.8 Å². The molecule has 0 heterocycles. The number of hydrogen-bond acceptors (Lipinski definition) is 3. The monoisotopic (exact) mass is 243 g/mol. The van der Waals surface area contributed by atoms with Crippen LogP contribution in [0.4, 0.5) is 0 Å². The molecule has 0 aliphatic carbocycles. The molecular formula is C12H21NO4. The summed E-state index contributed by atoms with van der Waals surface area (Å²) < 4.78 is 0. The largest absolute Gasteiger partial charge is 0.481 e. The molecule has 0 amide bonds. The van der Waals surface area contributed by atoms with Gasteiger partial charge in [0.15, 0.2) is 0 Å². The third-order valence-electron chi connectivity index (χ3n) is 3.09. The number of carbonyl (C=O) groups is 2. The summed E-state index contributed by atoms with van der Waals surface area (Å²) in [6, 6.07) is 0. The summed E-state index contributed by atoms with van der Waals surface area (Å²) in [6.45, 7) is 8.53. The van der Waals surface area contributed by atoms with Crippen molar-refractivity contribution in [1.29, 1.82) is 0 Å². The summed E-state index contributed by atoms with van der Waals surface area (Å²) in [5.41, 5.74) is 3.59. The smallest absolute Gasteiger partial charge is 0.324 e. The molecule has 0 radical (unpaired) electrons. The minimum Gasteiger partial charge on any atom is -0.481 e. The molecule has 1 unspecified atom stereocenters. The van der Waals surface area contributed by atoms with Crippen molar-refractivity contribution in [3.05, 3.63) is 12.7 Å². The second-order valence-electron chi connectivity index (χ2n) is 5.29. The molecule has 0 aromatic rings. The number of aliphatic carboxylic acids is 2. The van der Waals surface area contributed by atoms with Gasteiger partial charge in [0.2, 0.25) is 0 Å². The van der Waals surface area contributed by atoms with Crippen LogP contribution in [0.5, 0.6) is 0 Å². The molecule has 0 saturated carbocycles. The van der Waals surface area contributed by atoms with Gasteiger partial charge in [-0.3, -0.25) is 9.59 Å². The van der Waals surface area contributed by atoms with Crippen LogP contribution >= 0.6 is 0 Å². The lowest BCUT2D eigenvalue weighted by molar-refractivity contribution is -0.151. The van der Waals surface area contributed by atoms with Crippen LogP contribution < -0.4 is 5.73 Å². The molecule has 5 heteroatoms. The fourth-order valence-electron chi connectivity index (χ4n) is 1.58. The molecule has 0 aromatic heterocycles. The van der Waals surface area contributed by atoms with E-state index in [4.69, 9.17) is 10.8 Å². The van der Waals surface area contributed by atoms with Crippen LogP contribution in [-0.2, 0) is 9.59 Å². The van der Waals surface area contributed by atoms with Gasteiger partial charge in [0.25, 0.3) is 0 Å². The summed E-state index contributed by atoms with van der Waals surface area (Å²) >= 11 is 0. The van der Waals surface area contributed by atoms with Crippen LogP contribution in [0.2, 0.25) is 0 Å². The fourth-order valence-corrected chi connectivity index (χ4v) is 1.58. The summed E-state index contributed by atoms with van der Waals surface area (Å²) in [6.07, 6.45) is 1.55. The van der Waals surface area contributed by atoms with E-state index in [1.807, 2.05) is 0 Å². The van der Waals surface area contributed by atoms with Gasteiger partial charge in [-0.25, -0.2) is 0 Å². The number of nitrogens with two attached hydrogens (primary N) is 1. The molecule has 0 bridgehead atoms. The van der Waals surface area contributed by atoms with Crippen molar-refractivity contribution in [2.24, 2.45) is 17.1 Å². The Labute approximate surface area is 101 Å². The van der Waals surface area contributed by atoms with Crippen LogP contribution in [0.3, 0.4) is 0 Å². The molecule has 5 nitrogen and oxygen atoms in total. The Hall–Kier alpha value is -1.36. The molecule has 17 heavy (non-hydrogen) atoms. The molecule has 0 aliphatic rings. The Balaban J connectivity index is 5.18. The van der Waals surface area contributed by atoms with Crippen molar-refractivity contribution >= 4 is 11.9 Å². The van der Waals surface area contributed by atoms with E-state index in [9.17, 15) is 14.7 Å². The van der Waals surface area contributed by atoms with Crippen LogP contribution in [0.1, 0.15) is 33.6 Å². The van der Waals surface area contributed by atoms with Crippen molar-refractivity contribution in [1.82, 2.24) is 0 Å². The average Bonchev–Trinajstić information content (AvgIpc) is 2.14. The van der Waals surface area contributed by atoms with E-state index in [1.54, 1.807) is 20.8 Å². The number of carboxylic acid groups (broad SMARTS) is 2. The van der Waals surface area contributed by atoms with E-state index in [0.29, 0.717) is 0 Å². The van der Waals surface area contributed by atoms with E-state index in [0.717, 1.165) is 0 Å². The molecule has 98 valence electrons. The van der Waals surface area contributed by atoms with Gasteiger partial charge < -0.3 is 15.9 Å². The Morgan fingerprint density at radius 3 is 2.06 bits per heavy atom. The summed E-state index contributed by atoms with van der Waals surface area (Å²) in [4.78, 5) is 22.3. The summed E-state index contributed by atoms with van der Waals surface area (Å²) in [5.74, 6) is -3.06. The first-order valence-corrected chi connectivity index (χ1v) is 5.42. The highest BCUT2D eigenvalue weighted by Gasteiger charge is 2.47. The van der Waals surface area contributed by atoms with Crippen LogP contribution in [-0.4, -0.2) is 27.7 Å². The summed E-state index contributed by atoms with van der Waals surface area (Å²) in [5, 5.41) is 18.2. The number of allylic oxidation sites excluding steroid dienone is 1. The van der Waals surface area contributed by atoms with E-state index in [2.05, 4.69) is 6.58 Å². The number of rotatable bonds is 6. The molecule has 0 aromatic carbocycles. The molecule has 0 saturated heterocycles. The molecular weight excluding hydrogens is 222 g/mol. The van der Waals surface area contributed by atoms with Crippen molar-refractivity contribution in [2.75, 3.05) is 0 Å². The van der Waals surface area contributed by atoms with Gasteiger partial charge in [-0.1, -0.05) is 26.8 Å². The third-order valence-corrected chi connectivity index (χ3v) is 3.09. The predicted molar refractivity (Wildman–Crippen MR) is 64.6 cm³/mol. The summed E-state index contributed by atoms with van der Waals surface area (Å²) in [7, 11) is 0. The molecule has 0 fully saturated rings. The molecule has 4 N–H and O–H groups in total.